The van der Waals surface area contributed by atoms with E-state index in [9.17, 15) is 9.59 Å². The number of nitrogen functional groups attached to an aromatic ring is 1. The quantitative estimate of drug-likeness (QED) is 0.626. The van der Waals surface area contributed by atoms with Crippen molar-refractivity contribution in [1.82, 2.24) is 10.3 Å². The second-order valence-corrected chi connectivity index (χ2v) is 5.60. The molecule has 0 unspecified atom stereocenters. The molecular weight excluding hydrogens is 260 g/mol. The summed E-state index contributed by atoms with van der Waals surface area (Å²) in [6.45, 7) is 5.81. The number of benzene rings is 1. The third kappa shape index (κ3) is 3.31. The van der Waals surface area contributed by atoms with Crippen LogP contribution < -0.4 is 22.1 Å². The third-order valence-corrected chi connectivity index (χ3v) is 2.54. The zero-order chi connectivity index (χ0) is 14.9. The van der Waals surface area contributed by atoms with E-state index in [1.54, 1.807) is 6.07 Å². The Labute approximate surface area is 115 Å². The molecule has 1 aromatic carbocycles. The molecule has 0 bridgehead atoms. The third-order valence-electron chi connectivity index (χ3n) is 2.54. The van der Waals surface area contributed by atoms with Crippen molar-refractivity contribution >= 4 is 28.4 Å². The zero-order valence-corrected chi connectivity index (χ0v) is 11.7. The van der Waals surface area contributed by atoms with Crippen molar-refractivity contribution in [3.8, 4) is 0 Å². The number of hydrogen-bond acceptors (Lipinski definition) is 5. The number of nitrogens with two attached hydrogens (primary N) is 1. The standard InChI is InChI=1S/C13H18N4O3/c1-13(2,3)17-11(18)6-15-8-5-9-10(4-7(8)14)20-12(19)16-9/h4-5,15H,6,14H2,1-3H3,(H,16,19)(H,17,18). The number of amides is 1. The Balaban J connectivity index is 2.11. The number of rotatable bonds is 3. The second kappa shape index (κ2) is 4.92. The average Bonchev–Trinajstić information content (AvgIpc) is 2.62. The van der Waals surface area contributed by atoms with Gasteiger partial charge in [0.05, 0.1) is 23.4 Å². The number of carbonyl (C=O) groups excluding carboxylic acids is 1. The van der Waals surface area contributed by atoms with E-state index in [-0.39, 0.29) is 18.0 Å². The largest absolute Gasteiger partial charge is 0.417 e. The summed E-state index contributed by atoms with van der Waals surface area (Å²) in [4.78, 5) is 25.3. The maximum Gasteiger partial charge on any atom is 0.417 e. The lowest BCUT2D eigenvalue weighted by Crippen LogP contribution is -2.43. The predicted molar refractivity (Wildman–Crippen MR) is 77.6 cm³/mol. The molecule has 2 aromatic rings. The number of H-pyrrole nitrogens is 1. The summed E-state index contributed by atoms with van der Waals surface area (Å²) < 4.78 is 4.90. The van der Waals surface area contributed by atoms with Crippen LogP contribution in [-0.2, 0) is 4.79 Å². The molecule has 7 nitrogen and oxygen atoms in total. The number of oxazole rings is 1. The van der Waals surface area contributed by atoms with E-state index >= 15 is 0 Å². The van der Waals surface area contributed by atoms with Crippen LogP contribution in [0.3, 0.4) is 0 Å². The number of carbonyl (C=O) groups is 1. The molecule has 0 spiro atoms. The summed E-state index contributed by atoms with van der Waals surface area (Å²) >= 11 is 0. The van der Waals surface area contributed by atoms with Gasteiger partial charge >= 0.3 is 5.76 Å². The van der Waals surface area contributed by atoms with Crippen LogP contribution in [-0.4, -0.2) is 23.0 Å². The van der Waals surface area contributed by atoms with E-state index in [1.165, 1.54) is 6.07 Å². The van der Waals surface area contributed by atoms with E-state index in [0.717, 1.165) is 0 Å². The Hall–Kier alpha value is -2.44. The Bertz CT molecular complexity index is 694. The minimum Gasteiger partial charge on any atom is -0.408 e. The van der Waals surface area contributed by atoms with E-state index in [0.29, 0.717) is 22.5 Å². The lowest BCUT2D eigenvalue weighted by atomic mass is 10.1. The highest BCUT2D eigenvalue weighted by molar-refractivity contribution is 5.88. The molecule has 108 valence electrons. The van der Waals surface area contributed by atoms with Crippen molar-refractivity contribution in [2.75, 3.05) is 17.6 Å². The summed E-state index contributed by atoms with van der Waals surface area (Å²) in [5.41, 5.74) is 7.44. The van der Waals surface area contributed by atoms with Gasteiger partial charge in [-0.15, -0.1) is 0 Å². The molecule has 5 N–H and O–H groups in total. The van der Waals surface area contributed by atoms with Gasteiger partial charge in [-0.1, -0.05) is 0 Å². The molecular formula is C13H18N4O3. The fourth-order valence-electron chi connectivity index (χ4n) is 1.80. The maximum absolute atomic E-state index is 11.7. The first kappa shape index (κ1) is 14.0. The monoisotopic (exact) mass is 278 g/mol. The molecule has 1 aromatic heterocycles. The Morgan fingerprint density at radius 3 is 2.75 bits per heavy atom. The van der Waals surface area contributed by atoms with Crippen LogP contribution in [0.4, 0.5) is 11.4 Å². The summed E-state index contributed by atoms with van der Waals surface area (Å²) in [5.74, 6) is -0.681. The second-order valence-electron chi connectivity index (χ2n) is 5.60. The van der Waals surface area contributed by atoms with E-state index in [2.05, 4.69) is 15.6 Å². The van der Waals surface area contributed by atoms with Crippen LogP contribution in [0, 0.1) is 0 Å². The molecule has 20 heavy (non-hydrogen) atoms. The summed E-state index contributed by atoms with van der Waals surface area (Å²) in [6, 6.07) is 3.18. The first-order chi connectivity index (χ1) is 9.24. The molecule has 0 aliphatic rings. The normalized spacial score (nSPS) is 11.6. The van der Waals surface area contributed by atoms with Gasteiger partial charge in [0.1, 0.15) is 0 Å². The van der Waals surface area contributed by atoms with Gasteiger partial charge in [0.25, 0.3) is 0 Å². The highest BCUT2D eigenvalue weighted by Crippen LogP contribution is 2.24. The summed E-state index contributed by atoms with van der Waals surface area (Å²) in [7, 11) is 0. The van der Waals surface area contributed by atoms with Crippen molar-refractivity contribution in [3.05, 3.63) is 22.7 Å². The van der Waals surface area contributed by atoms with E-state index in [1.807, 2.05) is 20.8 Å². The van der Waals surface area contributed by atoms with Gasteiger partial charge in [-0.2, -0.15) is 0 Å². The molecule has 0 aliphatic heterocycles. The van der Waals surface area contributed by atoms with Crippen molar-refractivity contribution in [2.45, 2.75) is 26.3 Å². The van der Waals surface area contributed by atoms with Crippen LogP contribution in [0.5, 0.6) is 0 Å². The summed E-state index contributed by atoms with van der Waals surface area (Å²) in [6.07, 6.45) is 0. The zero-order valence-electron chi connectivity index (χ0n) is 11.7. The molecule has 1 amide bonds. The fraction of sp³-hybridized carbons (Fsp3) is 0.385. The number of aromatic nitrogens is 1. The Morgan fingerprint density at radius 1 is 1.40 bits per heavy atom. The molecule has 1 heterocycles. The maximum atomic E-state index is 11.7. The van der Waals surface area contributed by atoms with E-state index in [4.69, 9.17) is 10.2 Å². The molecule has 0 aliphatic carbocycles. The van der Waals surface area contributed by atoms with Crippen molar-refractivity contribution in [3.63, 3.8) is 0 Å². The van der Waals surface area contributed by atoms with Gasteiger partial charge in [-0.05, 0) is 26.8 Å². The van der Waals surface area contributed by atoms with Crippen LogP contribution in [0.15, 0.2) is 21.3 Å². The first-order valence-electron chi connectivity index (χ1n) is 6.22. The molecule has 2 rings (SSSR count). The van der Waals surface area contributed by atoms with Gasteiger partial charge in [-0.25, -0.2) is 4.79 Å². The van der Waals surface area contributed by atoms with Crippen LogP contribution in [0.25, 0.3) is 11.1 Å². The van der Waals surface area contributed by atoms with Crippen LogP contribution in [0.1, 0.15) is 20.8 Å². The molecule has 0 saturated carbocycles. The van der Waals surface area contributed by atoms with Gasteiger partial charge in [0.15, 0.2) is 5.58 Å². The molecule has 0 fully saturated rings. The molecule has 0 saturated heterocycles. The Morgan fingerprint density at radius 2 is 2.10 bits per heavy atom. The summed E-state index contributed by atoms with van der Waals surface area (Å²) in [5, 5.41) is 5.77. The lowest BCUT2D eigenvalue weighted by Gasteiger charge is -2.21. The first-order valence-corrected chi connectivity index (χ1v) is 6.22. The van der Waals surface area contributed by atoms with Crippen LogP contribution >= 0.6 is 0 Å². The van der Waals surface area contributed by atoms with E-state index < -0.39 is 5.76 Å². The van der Waals surface area contributed by atoms with Gasteiger partial charge in [-0.3, -0.25) is 9.78 Å². The SMILES string of the molecule is CC(C)(C)NC(=O)CNc1cc2[nH]c(=O)oc2cc1N. The number of nitrogens with one attached hydrogen (secondary N) is 3. The van der Waals surface area contributed by atoms with Crippen LogP contribution in [0.2, 0.25) is 0 Å². The minimum absolute atomic E-state index is 0.0923. The number of anilines is 2. The van der Waals surface area contributed by atoms with Gasteiger partial charge in [0.2, 0.25) is 5.91 Å². The predicted octanol–water partition coefficient (Wildman–Crippen LogP) is 1.03. The van der Waals surface area contributed by atoms with Crippen molar-refractivity contribution in [1.29, 1.82) is 0 Å². The molecule has 0 atom stereocenters. The van der Waals surface area contributed by atoms with Gasteiger partial charge in [0, 0.05) is 11.6 Å². The molecule has 7 heteroatoms. The number of hydrogen-bond donors (Lipinski definition) is 4. The smallest absolute Gasteiger partial charge is 0.408 e. The number of aromatic amines is 1. The number of fused-ring (bicyclic) bond motifs is 1. The highest BCUT2D eigenvalue weighted by Gasteiger charge is 2.14. The topological polar surface area (TPSA) is 113 Å². The van der Waals surface area contributed by atoms with Gasteiger partial charge < -0.3 is 20.8 Å². The van der Waals surface area contributed by atoms with Crippen molar-refractivity contribution < 1.29 is 9.21 Å². The highest BCUT2D eigenvalue weighted by atomic mass is 16.4. The fourth-order valence-corrected chi connectivity index (χ4v) is 1.80. The Kier molecular flexibility index (Phi) is 3.44. The minimum atomic E-state index is -0.540. The molecule has 0 radical (unpaired) electrons. The van der Waals surface area contributed by atoms with Crippen molar-refractivity contribution in [2.24, 2.45) is 0 Å². The average molecular weight is 278 g/mol. The lowest BCUT2D eigenvalue weighted by molar-refractivity contribution is -0.120.